The van der Waals surface area contributed by atoms with E-state index in [0.717, 1.165) is 25.9 Å². The summed E-state index contributed by atoms with van der Waals surface area (Å²) in [4.78, 5) is 23.3. The minimum Gasteiger partial charge on any atom is -0.481 e. The fourth-order valence-corrected chi connectivity index (χ4v) is 2.42. The van der Waals surface area contributed by atoms with Gasteiger partial charge < -0.3 is 14.8 Å². The van der Waals surface area contributed by atoms with Gasteiger partial charge in [-0.2, -0.15) is 0 Å². The normalized spacial score (nSPS) is 18.7. The zero-order valence-electron chi connectivity index (χ0n) is 13.1. The summed E-state index contributed by atoms with van der Waals surface area (Å²) in [6, 6.07) is 6.86. The Morgan fingerprint density at radius 2 is 2.27 bits per heavy atom. The molecular weight excluding hydrogens is 282 g/mol. The Kier molecular flexibility index (Phi) is 5.95. The summed E-state index contributed by atoms with van der Waals surface area (Å²) in [6.07, 6.45) is 2.67. The largest absolute Gasteiger partial charge is 0.481 e. The second-order valence-electron chi connectivity index (χ2n) is 5.56. The third-order valence-corrected chi connectivity index (χ3v) is 3.71. The van der Waals surface area contributed by atoms with E-state index in [1.807, 2.05) is 0 Å². The van der Waals surface area contributed by atoms with Gasteiger partial charge in [0.05, 0.1) is 6.10 Å². The van der Waals surface area contributed by atoms with Gasteiger partial charge in [-0.3, -0.25) is 9.59 Å². The van der Waals surface area contributed by atoms with Crippen LogP contribution in [0.15, 0.2) is 24.3 Å². The summed E-state index contributed by atoms with van der Waals surface area (Å²) in [5, 5.41) is 2.86. The van der Waals surface area contributed by atoms with Gasteiger partial charge >= 0.3 is 0 Å². The molecule has 1 aromatic carbocycles. The molecule has 0 bridgehead atoms. The highest BCUT2D eigenvalue weighted by Gasteiger charge is 2.18. The first-order valence-electron chi connectivity index (χ1n) is 7.73. The SMILES string of the molecule is CC(=O)c1cccc(O[C@@H](C)C(=O)NCC[C@@H]2CCCO2)c1. The maximum atomic E-state index is 12.0. The fraction of sp³-hybridized carbons (Fsp3) is 0.529. The van der Waals surface area contributed by atoms with Crippen LogP contribution in [0.3, 0.4) is 0 Å². The van der Waals surface area contributed by atoms with Gasteiger partial charge in [-0.25, -0.2) is 0 Å². The van der Waals surface area contributed by atoms with E-state index in [4.69, 9.17) is 9.47 Å². The van der Waals surface area contributed by atoms with Crippen molar-refractivity contribution in [3.05, 3.63) is 29.8 Å². The van der Waals surface area contributed by atoms with E-state index >= 15 is 0 Å². The first-order valence-corrected chi connectivity index (χ1v) is 7.73. The van der Waals surface area contributed by atoms with Crippen LogP contribution in [0.25, 0.3) is 0 Å². The topological polar surface area (TPSA) is 64.6 Å². The van der Waals surface area contributed by atoms with Gasteiger partial charge in [0.2, 0.25) is 0 Å². The van der Waals surface area contributed by atoms with Crippen molar-refractivity contribution in [2.24, 2.45) is 0 Å². The van der Waals surface area contributed by atoms with Crippen molar-refractivity contribution in [3.8, 4) is 5.75 Å². The first kappa shape index (κ1) is 16.5. The Morgan fingerprint density at radius 1 is 1.45 bits per heavy atom. The molecule has 0 aliphatic carbocycles. The fourth-order valence-electron chi connectivity index (χ4n) is 2.42. The smallest absolute Gasteiger partial charge is 0.260 e. The van der Waals surface area contributed by atoms with E-state index in [-0.39, 0.29) is 17.8 Å². The lowest BCUT2D eigenvalue weighted by molar-refractivity contribution is -0.127. The molecule has 5 nitrogen and oxygen atoms in total. The van der Waals surface area contributed by atoms with Gasteiger partial charge in [-0.1, -0.05) is 12.1 Å². The van der Waals surface area contributed by atoms with Crippen LogP contribution < -0.4 is 10.1 Å². The lowest BCUT2D eigenvalue weighted by atomic mass is 10.1. The number of ether oxygens (including phenoxy) is 2. The highest BCUT2D eigenvalue weighted by Crippen LogP contribution is 2.16. The average molecular weight is 305 g/mol. The van der Waals surface area contributed by atoms with Crippen molar-refractivity contribution in [2.45, 2.75) is 45.3 Å². The second-order valence-corrected chi connectivity index (χ2v) is 5.56. The minimum atomic E-state index is -0.605. The molecule has 2 rings (SSSR count). The Hall–Kier alpha value is -1.88. The molecule has 0 unspecified atom stereocenters. The van der Waals surface area contributed by atoms with Gasteiger partial charge in [0.25, 0.3) is 5.91 Å². The highest BCUT2D eigenvalue weighted by molar-refractivity contribution is 5.94. The molecule has 0 saturated carbocycles. The molecule has 0 aromatic heterocycles. The van der Waals surface area contributed by atoms with E-state index in [1.54, 1.807) is 31.2 Å². The number of benzene rings is 1. The van der Waals surface area contributed by atoms with Crippen LogP contribution in [0.4, 0.5) is 0 Å². The molecule has 1 amide bonds. The summed E-state index contributed by atoms with van der Waals surface area (Å²) in [5.41, 5.74) is 0.573. The van der Waals surface area contributed by atoms with E-state index in [9.17, 15) is 9.59 Å². The average Bonchev–Trinajstić information content (AvgIpc) is 3.00. The number of ketones is 1. The summed E-state index contributed by atoms with van der Waals surface area (Å²) in [5.74, 6) is 0.333. The van der Waals surface area contributed by atoms with Crippen LogP contribution in [-0.2, 0) is 9.53 Å². The Balaban J connectivity index is 1.77. The van der Waals surface area contributed by atoms with Crippen LogP contribution in [0, 0.1) is 0 Å². The maximum absolute atomic E-state index is 12.0. The molecule has 1 aliphatic rings. The summed E-state index contributed by atoms with van der Waals surface area (Å²) in [6.45, 7) is 4.61. The Morgan fingerprint density at radius 3 is 2.95 bits per heavy atom. The van der Waals surface area contributed by atoms with Crippen molar-refractivity contribution in [1.82, 2.24) is 5.32 Å². The third kappa shape index (κ3) is 4.84. The van der Waals surface area contributed by atoms with Crippen molar-refractivity contribution >= 4 is 11.7 Å². The summed E-state index contributed by atoms with van der Waals surface area (Å²) in [7, 11) is 0. The van der Waals surface area contributed by atoms with Gasteiger partial charge in [0.1, 0.15) is 5.75 Å². The zero-order chi connectivity index (χ0) is 15.9. The molecule has 1 fully saturated rings. The molecule has 1 heterocycles. The molecule has 1 aromatic rings. The van der Waals surface area contributed by atoms with E-state index in [0.29, 0.717) is 17.9 Å². The van der Waals surface area contributed by atoms with Gasteiger partial charge in [-0.05, 0) is 45.2 Å². The molecule has 22 heavy (non-hydrogen) atoms. The van der Waals surface area contributed by atoms with E-state index < -0.39 is 6.10 Å². The lowest BCUT2D eigenvalue weighted by Crippen LogP contribution is -2.37. The number of carbonyl (C=O) groups excluding carboxylic acids is 2. The maximum Gasteiger partial charge on any atom is 0.260 e. The molecule has 1 N–H and O–H groups in total. The molecule has 120 valence electrons. The standard InChI is InChI=1S/C17H23NO4/c1-12(19)14-5-3-6-16(11-14)22-13(2)17(20)18-9-8-15-7-4-10-21-15/h3,5-6,11,13,15H,4,7-10H2,1-2H3,(H,18,20)/t13-,15-/m0/s1. The van der Waals surface area contributed by atoms with Gasteiger partial charge in [0.15, 0.2) is 11.9 Å². The first-order chi connectivity index (χ1) is 10.6. The lowest BCUT2D eigenvalue weighted by Gasteiger charge is -2.16. The predicted octanol–water partition coefficient (Wildman–Crippen LogP) is 2.34. The van der Waals surface area contributed by atoms with E-state index in [1.165, 1.54) is 6.92 Å². The van der Waals surface area contributed by atoms with Crippen molar-refractivity contribution in [2.75, 3.05) is 13.2 Å². The monoisotopic (exact) mass is 305 g/mol. The van der Waals surface area contributed by atoms with Crippen LogP contribution in [-0.4, -0.2) is 37.0 Å². The summed E-state index contributed by atoms with van der Waals surface area (Å²) >= 11 is 0. The highest BCUT2D eigenvalue weighted by atomic mass is 16.5. The van der Waals surface area contributed by atoms with Gasteiger partial charge in [0, 0.05) is 18.7 Å². The molecule has 0 radical (unpaired) electrons. The van der Waals surface area contributed by atoms with Crippen LogP contribution in [0.2, 0.25) is 0 Å². The quantitative estimate of drug-likeness (QED) is 0.785. The zero-order valence-corrected chi connectivity index (χ0v) is 13.1. The predicted molar refractivity (Wildman–Crippen MR) is 83.1 cm³/mol. The Bertz CT molecular complexity index is 523. The molecular formula is C17H23NO4. The number of Topliss-reactive ketones (excluding diaryl/α,β-unsaturated/α-hetero) is 1. The molecule has 1 saturated heterocycles. The van der Waals surface area contributed by atoms with Crippen LogP contribution in [0.5, 0.6) is 5.75 Å². The van der Waals surface area contributed by atoms with Crippen LogP contribution in [0.1, 0.15) is 43.5 Å². The molecule has 2 atom stereocenters. The molecule has 5 heteroatoms. The third-order valence-electron chi connectivity index (χ3n) is 3.71. The van der Waals surface area contributed by atoms with Gasteiger partial charge in [-0.15, -0.1) is 0 Å². The number of carbonyl (C=O) groups is 2. The number of nitrogens with one attached hydrogen (secondary N) is 1. The number of amides is 1. The number of hydrogen-bond acceptors (Lipinski definition) is 4. The molecule has 1 aliphatic heterocycles. The minimum absolute atomic E-state index is 0.0286. The van der Waals surface area contributed by atoms with E-state index in [2.05, 4.69) is 5.32 Å². The number of hydrogen-bond donors (Lipinski definition) is 1. The van der Waals surface area contributed by atoms with Crippen molar-refractivity contribution in [1.29, 1.82) is 0 Å². The summed E-state index contributed by atoms with van der Waals surface area (Å²) < 4.78 is 11.1. The second kappa shape index (κ2) is 7.94. The Labute approximate surface area is 131 Å². The number of rotatable bonds is 7. The van der Waals surface area contributed by atoms with Crippen molar-refractivity contribution in [3.63, 3.8) is 0 Å². The molecule has 0 spiro atoms. The van der Waals surface area contributed by atoms with Crippen LogP contribution >= 0.6 is 0 Å². The van der Waals surface area contributed by atoms with Crippen molar-refractivity contribution < 1.29 is 19.1 Å².